The molecule has 0 radical (unpaired) electrons. The second-order valence-electron chi connectivity index (χ2n) is 4.38. The van der Waals surface area contributed by atoms with Crippen molar-refractivity contribution < 1.29 is 46.5 Å². The quantitative estimate of drug-likeness (QED) is 0.408. The maximum absolute atomic E-state index is 3.26. The first-order chi connectivity index (χ1) is 8.16. The second-order valence-corrected chi connectivity index (χ2v) is 5.71. The van der Waals surface area contributed by atoms with Crippen molar-refractivity contribution in [1.82, 2.24) is 0 Å². The molecule has 0 spiro atoms. The zero-order valence-electron chi connectivity index (χ0n) is 11.8. The molecule has 3 rings (SSSR count). The van der Waals surface area contributed by atoms with Crippen LogP contribution in [0.25, 0.3) is 6.08 Å². The molecule has 4 heteroatoms. The fourth-order valence-electron chi connectivity index (χ4n) is 1.93. The van der Waals surface area contributed by atoms with E-state index in [0.717, 1.165) is 8.19 Å². The number of benzene rings is 1. The van der Waals surface area contributed by atoms with Crippen LogP contribution in [0.2, 0.25) is 0 Å². The van der Waals surface area contributed by atoms with E-state index in [9.17, 15) is 0 Å². The van der Waals surface area contributed by atoms with Crippen molar-refractivity contribution in [2.75, 3.05) is 0 Å². The number of aryl methyl sites for hydroxylation is 2. The minimum absolute atomic E-state index is 0. The Morgan fingerprint density at radius 1 is 1.10 bits per heavy atom. The first-order valence-electron chi connectivity index (χ1n) is 5.89. The van der Waals surface area contributed by atoms with Crippen LogP contribution in [0.1, 0.15) is 34.8 Å². The predicted molar refractivity (Wildman–Crippen MR) is 76.8 cm³/mol. The maximum atomic E-state index is 3.26. The van der Waals surface area contributed by atoms with E-state index in [-0.39, 0.29) is 46.5 Å². The van der Waals surface area contributed by atoms with Gasteiger partial charge in [-0.3, -0.25) is 6.08 Å². The van der Waals surface area contributed by atoms with Crippen LogP contribution in [0.5, 0.6) is 0 Å². The topological polar surface area (TPSA) is 0 Å². The Labute approximate surface area is 151 Å². The SMILES string of the molecule is CC1[C-]=Cc2ccccc21.Cc1[c-]c(C)[pH]c1.[Cl-].[Cl-].[Ti+4]. The van der Waals surface area contributed by atoms with Gasteiger partial charge in [-0.2, -0.15) is 11.4 Å². The van der Waals surface area contributed by atoms with Crippen LogP contribution in [0.4, 0.5) is 0 Å². The third-order valence-corrected chi connectivity index (χ3v) is 3.98. The van der Waals surface area contributed by atoms with Crippen LogP contribution in [0.15, 0.2) is 30.1 Å². The van der Waals surface area contributed by atoms with E-state index in [2.05, 4.69) is 69.1 Å². The molecule has 0 aliphatic heterocycles. The Morgan fingerprint density at radius 2 is 1.75 bits per heavy atom. The van der Waals surface area contributed by atoms with Gasteiger partial charge in [-0.1, -0.05) is 44.9 Å². The van der Waals surface area contributed by atoms with E-state index in [4.69, 9.17) is 0 Å². The average Bonchev–Trinajstić information content (AvgIpc) is 2.88. The van der Waals surface area contributed by atoms with Crippen molar-refractivity contribution in [2.45, 2.75) is 26.7 Å². The normalized spacial score (nSPS) is 14.2. The van der Waals surface area contributed by atoms with E-state index < -0.39 is 0 Å². The van der Waals surface area contributed by atoms with Crippen molar-refractivity contribution in [3.63, 3.8) is 0 Å². The summed E-state index contributed by atoms with van der Waals surface area (Å²) in [6.07, 6.45) is 5.33. The Kier molecular flexibility index (Phi) is 12.0. The molecule has 20 heavy (non-hydrogen) atoms. The van der Waals surface area contributed by atoms with Gasteiger partial charge in [0.25, 0.3) is 0 Å². The molecule has 0 bridgehead atoms. The largest absolute Gasteiger partial charge is 4.00 e. The molecule has 1 aromatic carbocycles. The molecule has 1 aliphatic carbocycles. The van der Waals surface area contributed by atoms with Gasteiger partial charge in [0.05, 0.1) is 0 Å². The molecule has 2 unspecified atom stereocenters. The van der Waals surface area contributed by atoms with Crippen LogP contribution in [-0.4, -0.2) is 0 Å². The van der Waals surface area contributed by atoms with Gasteiger partial charge in [0.15, 0.2) is 0 Å². The van der Waals surface area contributed by atoms with Gasteiger partial charge in [-0.15, -0.1) is 16.9 Å². The average molecular weight is 359 g/mol. The Bertz CT molecular complexity index is 518. The number of rotatable bonds is 0. The number of halogens is 2. The van der Waals surface area contributed by atoms with Gasteiger partial charge in [0, 0.05) is 0 Å². The van der Waals surface area contributed by atoms with Crippen molar-refractivity contribution in [1.29, 1.82) is 0 Å². The van der Waals surface area contributed by atoms with Gasteiger partial charge in [-0.25, -0.2) is 25.9 Å². The Morgan fingerprint density at radius 3 is 2.20 bits per heavy atom. The maximum Gasteiger partial charge on any atom is 4.00 e. The number of fused-ring (bicyclic) bond motifs is 1. The molecule has 0 saturated carbocycles. The van der Waals surface area contributed by atoms with Gasteiger partial charge >= 0.3 is 21.7 Å². The molecule has 2 atom stereocenters. The molecule has 0 amide bonds. The summed E-state index contributed by atoms with van der Waals surface area (Å²) >= 11 is 0. The molecule has 1 heterocycles. The summed E-state index contributed by atoms with van der Waals surface area (Å²) < 4.78 is 0. The molecule has 0 saturated heterocycles. The van der Waals surface area contributed by atoms with E-state index in [1.807, 2.05) is 0 Å². The standard InChI is InChI=1S/C10H9.C6H8P.2ClH.Ti/c1-8-6-7-9-4-2-3-5-10(8)9;1-5-3-6(2)7-4-5;;;/h2-5,7-8H,1H3;4,7H,1-2H3;2*1H;/q2*-1;;;+4/p-2. The molecule has 0 N–H and O–H groups in total. The molecular weight excluding hydrogens is 342 g/mol. The minimum atomic E-state index is 0. The fourth-order valence-corrected chi connectivity index (χ4v) is 2.70. The zero-order valence-corrected chi connectivity index (χ0v) is 15.9. The van der Waals surface area contributed by atoms with E-state index in [1.165, 1.54) is 22.0 Å². The van der Waals surface area contributed by atoms with Gasteiger partial charge in [0.2, 0.25) is 0 Å². The number of allylic oxidation sites excluding steroid dienone is 1. The van der Waals surface area contributed by atoms with Gasteiger partial charge in [-0.05, 0) is 0 Å². The summed E-state index contributed by atoms with van der Waals surface area (Å²) in [4.78, 5) is 0. The summed E-state index contributed by atoms with van der Waals surface area (Å²) in [7, 11) is 0.906. The summed E-state index contributed by atoms with van der Waals surface area (Å²) in [5, 5.41) is 1.39. The first-order valence-corrected chi connectivity index (χ1v) is 6.96. The summed E-state index contributed by atoms with van der Waals surface area (Å²) in [5.41, 5.74) is 4.04. The van der Waals surface area contributed by atoms with Crippen molar-refractivity contribution in [3.8, 4) is 0 Å². The molecule has 0 fully saturated rings. The molecule has 2 aromatic rings. The van der Waals surface area contributed by atoms with Crippen molar-refractivity contribution >= 4 is 14.3 Å². The fraction of sp³-hybridized carbons (Fsp3) is 0.250. The van der Waals surface area contributed by atoms with Crippen LogP contribution in [0, 0.1) is 26.0 Å². The molecule has 1 aliphatic rings. The molecule has 0 nitrogen and oxygen atoms in total. The van der Waals surface area contributed by atoms with Gasteiger partial charge < -0.3 is 24.8 Å². The van der Waals surface area contributed by atoms with E-state index in [1.54, 1.807) is 0 Å². The molecule has 104 valence electrons. The first kappa shape index (κ1) is 22.3. The monoisotopic (exact) mass is 358 g/mol. The minimum Gasteiger partial charge on any atom is -1.00 e. The van der Waals surface area contributed by atoms with Crippen molar-refractivity contribution in [3.05, 3.63) is 64.2 Å². The van der Waals surface area contributed by atoms with Crippen LogP contribution >= 0.6 is 8.19 Å². The Hall–Kier alpha value is 0.0343. The smallest absolute Gasteiger partial charge is 1.00 e. The Balaban J connectivity index is 0. The summed E-state index contributed by atoms with van der Waals surface area (Å²) in [6, 6.07) is 11.6. The molecular formula is C16H17Cl2PTi. The van der Waals surface area contributed by atoms with E-state index >= 15 is 0 Å². The van der Waals surface area contributed by atoms with Crippen LogP contribution in [0.3, 0.4) is 0 Å². The third kappa shape index (κ3) is 6.21. The van der Waals surface area contributed by atoms with Gasteiger partial charge in [0.1, 0.15) is 0 Å². The summed E-state index contributed by atoms with van der Waals surface area (Å²) in [6.45, 7) is 6.37. The molecule has 1 aromatic heterocycles. The number of hydrogen-bond acceptors (Lipinski definition) is 0. The summed E-state index contributed by atoms with van der Waals surface area (Å²) in [5.74, 6) is 2.71. The predicted octanol–water partition coefficient (Wildman–Crippen LogP) is -1.24. The van der Waals surface area contributed by atoms with Crippen molar-refractivity contribution in [2.24, 2.45) is 0 Å². The van der Waals surface area contributed by atoms with Crippen LogP contribution < -0.4 is 24.8 Å². The second kappa shape index (κ2) is 10.7. The third-order valence-electron chi connectivity index (χ3n) is 2.84. The zero-order chi connectivity index (χ0) is 12.3. The van der Waals surface area contributed by atoms with E-state index in [0.29, 0.717) is 5.92 Å². The number of hydrogen-bond donors (Lipinski definition) is 0. The van der Waals surface area contributed by atoms with Crippen LogP contribution in [-0.2, 0) is 21.7 Å².